The number of nitrogens with one attached hydrogen (secondary N) is 1. The van der Waals surface area contributed by atoms with E-state index in [-0.39, 0.29) is 17.9 Å². The van der Waals surface area contributed by atoms with Crippen molar-refractivity contribution in [2.75, 3.05) is 0 Å². The van der Waals surface area contributed by atoms with Gasteiger partial charge in [0, 0.05) is 26.6 Å². The van der Waals surface area contributed by atoms with Crippen LogP contribution in [-0.4, -0.2) is 0 Å². The minimum absolute atomic E-state index is 0.0646. The van der Waals surface area contributed by atoms with Gasteiger partial charge in [-0.05, 0) is 37.6 Å². The van der Waals surface area contributed by atoms with Gasteiger partial charge in [-0.3, -0.25) is 0 Å². The van der Waals surface area contributed by atoms with Crippen molar-refractivity contribution >= 4 is 31.9 Å². The lowest BCUT2D eigenvalue weighted by Gasteiger charge is -2.22. The van der Waals surface area contributed by atoms with E-state index in [4.69, 9.17) is 0 Å². The molecule has 0 aliphatic carbocycles. The molecule has 106 valence electrons. The van der Waals surface area contributed by atoms with Gasteiger partial charge in [-0.1, -0.05) is 56.1 Å². The molecular weight excluding hydrogens is 385 g/mol. The van der Waals surface area contributed by atoms with E-state index in [1.54, 1.807) is 0 Å². The van der Waals surface area contributed by atoms with Gasteiger partial charge in [0.25, 0.3) is 0 Å². The predicted octanol–water partition coefficient (Wildman–Crippen LogP) is 5.76. The molecule has 0 fully saturated rings. The molecule has 0 heterocycles. The average Bonchev–Trinajstić information content (AvgIpc) is 2.38. The molecule has 2 aromatic carbocycles. The monoisotopic (exact) mass is 399 g/mol. The van der Waals surface area contributed by atoms with Crippen LogP contribution in [0.1, 0.15) is 37.1 Å². The quantitative estimate of drug-likeness (QED) is 0.687. The molecule has 0 amide bonds. The second-order valence-corrected chi connectivity index (χ2v) is 6.57. The lowest BCUT2D eigenvalue weighted by atomic mass is 10.0. The smallest absolute Gasteiger partial charge is 0.129 e. The minimum Gasteiger partial charge on any atom is -0.304 e. The predicted molar refractivity (Wildman–Crippen MR) is 88.2 cm³/mol. The molecule has 0 aliphatic heterocycles. The van der Waals surface area contributed by atoms with Crippen molar-refractivity contribution in [3.8, 4) is 0 Å². The van der Waals surface area contributed by atoms with Crippen molar-refractivity contribution in [2.24, 2.45) is 0 Å². The van der Waals surface area contributed by atoms with Crippen molar-refractivity contribution in [3.05, 3.63) is 68.4 Å². The topological polar surface area (TPSA) is 12.0 Å². The summed E-state index contributed by atoms with van der Waals surface area (Å²) >= 11 is 6.82. The molecule has 2 unspecified atom stereocenters. The molecule has 1 nitrogen and oxygen atoms in total. The number of benzene rings is 2. The summed E-state index contributed by atoms with van der Waals surface area (Å²) in [5, 5.41) is 3.43. The Labute approximate surface area is 135 Å². The standard InChI is InChI=1S/C16H16Br2FN/c1-10(13-5-3-4-6-15(13)18)20-11(2)14-8-7-12(17)9-16(14)19/h3-11,20H,1-2H3. The zero-order valence-corrected chi connectivity index (χ0v) is 14.5. The first kappa shape index (κ1) is 15.7. The normalized spacial score (nSPS) is 14.1. The van der Waals surface area contributed by atoms with Gasteiger partial charge < -0.3 is 5.32 Å². The molecule has 2 aromatic rings. The maximum atomic E-state index is 14.0. The van der Waals surface area contributed by atoms with E-state index in [2.05, 4.69) is 50.2 Å². The SMILES string of the molecule is CC(NC(C)c1ccccc1Br)c1ccc(Br)cc1F. The van der Waals surface area contributed by atoms with E-state index < -0.39 is 0 Å². The highest BCUT2D eigenvalue weighted by atomic mass is 79.9. The molecule has 0 radical (unpaired) electrons. The molecule has 0 saturated heterocycles. The van der Waals surface area contributed by atoms with Gasteiger partial charge in [-0.15, -0.1) is 0 Å². The Morgan fingerprint density at radius 2 is 1.60 bits per heavy atom. The van der Waals surface area contributed by atoms with Crippen LogP contribution in [0, 0.1) is 5.82 Å². The van der Waals surface area contributed by atoms with Crippen molar-refractivity contribution < 1.29 is 4.39 Å². The largest absolute Gasteiger partial charge is 0.304 e. The van der Waals surface area contributed by atoms with E-state index in [0.29, 0.717) is 5.56 Å². The lowest BCUT2D eigenvalue weighted by molar-refractivity contribution is 0.473. The first-order chi connectivity index (χ1) is 9.49. The van der Waals surface area contributed by atoms with E-state index in [1.165, 1.54) is 6.07 Å². The molecule has 4 heteroatoms. The van der Waals surface area contributed by atoms with Crippen molar-refractivity contribution in [1.29, 1.82) is 0 Å². The van der Waals surface area contributed by atoms with Crippen LogP contribution < -0.4 is 5.32 Å². The van der Waals surface area contributed by atoms with Gasteiger partial charge in [-0.2, -0.15) is 0 Å². The average molecular weight is 401 g/mol. The van der Waals surface area contributed by atoms with Gasteiger partial charge in [0.05, 0.1) is 0 Å². The molecule has 1 N–H and O–H groups in total. The van der Waals surface area contributed by atoms with Gasteiger partial charge in [-0.25, -0.2) is 4.39 Å². The summed E-state index contributed by atoms with van der Waals surface area (Å²) in [4.78, 5) is 0. The zero-order valence-electron chi connectivity index (χ0n) is 11.3. The third-order valence-electron chi connectivity index (χ3n) is 3.30. The van der Waals surface area contributed by atoms with Gasteiger partial charge in [0.15, 0.2) is 0 Å². The van der Waals surface area contributed by atoms with Crippen LogP contribution in [0.2, 0.25) is 0 Å². The van der Waals surface area contributed by atoms with E-state index in [0.717, 1.165) is 14.5 Å². The third kappa shape index (κ3) is 3.68. The van der Waals surface area contributed by atoms with Gasteiger partial charge >= 0.3 is 0 Å². The first-order valence-electron chi connectivity index (χ1n) is 6.44. The summed E-state index contributed by atoms with van der Waals surface area (Å²) in [6.45, 7) is 4.05. The Morgan fingerprint density at radius 1 is 0.950 bits per heavy atom. The maximum absolute atomic E-state index is 14.0. The molecule has 0 aromatic heterocycles. The summed E-state index contributed by atoms with van der Waals surface area (Å²) in [5.74, 6) is -0.196. The maximum Gasteiger partial charge on any atom is 0.129 e. The van der Waals surface area contributed by atoms with Crippen LogP contribution in [-0.2, 0) is 0 Å². The Hall–Kier alpha value is -0.710. The molecule has 2 rings (SSSR count). The van der Waals surface area contributed by atoms with Gasteiger partial charge in [0.2, 0.25) is 0 Å². The van der Waals surface area contributed by atoms with Crippen molar-refractivity contribution in [3.63, 3.8) is 0 Å². The highest BCUT2D eigenvalue weighted by Crippen LogP contribution is 2.27. The molecular formula is C16H16Br2FN. The van der Waals surface area contributed by atoms with Crippen LogP contribution in [0.15, 0.2) is 51.4 Å². The van der Waals surface area contributed by atoms with E-state index >= 15 is 0 Å². The number of rotatable bonds is 4. The molecule has 20 heavy (non-hydrogen) atoms. The Bertz CT molecular complexity index is 601. The molecule has 2 atom stereocenters. The highest BCUT2D eigenvalue weighted by molar-refractivity contribution is 9.10. The van der Waals surface area contributed by atoms with Crippen LogP contribution >= 0.6 is 31.9 Å². The summed E-state index contributed by atoms with van der Waals surface area (Å²) in [6, 6.07) is 13.3. The summed E-state index contributed by atoms with van der Waals surface area (Å²) in [6.07, 6.45) is 0. The van der Waals surface area contributed by atoms with Crippen molar-refractivity contribution in [2.45, 2.75) is 25.9 Å². The van der Waals surface area contributed by atoms with Gasteiger partial charge in [0.1, 0.15) is 5.82 Å². The Balaban J connectivity index is 2.15. The van der Waals surface area contributed by atoms with E-state index in [1.807, 2.05) is 37.3 Å². The molecule has 0 spiro atoms. The highest BCUT2D eigenvalue weighted by Gasteiger charge is 2.15. The zero-order chi connectivity index (χ0) is 14.7. The Kier molecular flexibility index (Phi) is 5.35. The molecule has 0 saturated carbocycles. The fourth-order valence-electron chi connectivity index (χ4n) is 2.23. The molecule has 0 aliphatic rings. The lowest BCUT2D eigenvalue weighted by Crippen LogP contribution is -2.23. The summed E-state index contributed by atoms with van der Waals surface area (Å²) in [7, 11) is 0. The molecule has 0 bridgehead atoms. The Morgan fingerprint density at radius 3 is 2.25 bits per heavy atom. The minimum atomic E-state index is -0.196. The second-order valence-electron chi connectivity index (χ2n) is 4.80. The van der Waals surface area contributed by atoms with Crippen LogP contribution in [0.5, 0.6) is 0 Å². The third-order valence-corrected chi connectivity index (χ3v) is 4.52. The number of halogens is 3. The van der Waals surface area contributed by atoms with Crippen LogP contribution in [0.4, 0.5) is 4.39 Å². The second kappa shape index (κ2) is 6.83. The summed E-state index contributed by atoms with van der Waals surface area (Å²) in [5.41, 5.74) is 1.84. The van der Waals surface area contributed by atoms with Crippen molar-refractivity contribution in [1.82, 2.24) is 5.32 Å². The summed E-state index contributed by atoms with van der Waals surface area (Å²) < 4.78 is 15.8. The van der Waals surface area contributed by atoms with E-state index in [9.17, 15) is 4.39 Å². The number of hydrogen-bond acceptors (Lipinski definition) is 1. The van der Waals surface area contributed by atoms with Crippen LogP contribution in [0.25, 0.3) is 0 Å². The fraction of sp³-hybridized carbons (Fsp3) is 0.250. The first-order valence-corrected chi connectivity index (χ1v) is 8.03. The fourth-order valence-corrected chi connectivity index (χ4v) is 3.19. The van der Waals surface area contributed by atoms with Crippen LogP contribution in [0.3, 0.4) is 0 Å². The number of hydrogen-bond donors (Lipinski definition) is 1.